The fraction of sp³-hybridized carbons (Fsp3) is 0.368. The van der Waals surface area contributed by atoms with Crippen molar-refractivity contribution in [3.05, 3.63) is 47.5 Å². The van der Waals surface area contributed by atoms with Gasteiger partial charge in [-0.3, -0.25) is 0 Å². The first-order valence-electron chi connectivity index (χ1n) is 7.99. The van der Waals surface area contributed by atoms with Gasteiger partial charge in [-0.1, -0.05) is 19.1 Å². The van der Waals surface area contributed by atoms with Gasteiger partial charge in [0.2, 0.25) is 0 Å². The molecular formula is C19H22O3. The summed E-state index contributed by atoms with van der Waals surface area (Å²) in [5.74, 6) is 3.49. The number of benzene rings is 2. The minimum absolute atomic E-state index is 0.657. The van der Waals surface area contributed by atoms with Gasteiger partial charge in [-0.15, -0.1) is 0 Å². The number of aryl methyl sites for hydroxylation is 2. The SMILES string of the molecule is CCCOc1ccc2c(c1)Oc1cc(OCC)ccc1CC2. The van der Waals surface area contributed by atoms with Crippen LogP contribution in [0.25, 0.3) is 0 Å². The summed E-state index contributed by atoms with van der Waals surface area (Å²) in [5.41, 5.74) is 2.44. The molecule has 0 fully saturated rings. The monoisotopic (exact) mass is 298 g/mol. The summed E-state index contributed by atoms with van der Waals surface area (Å²) < 4.78 is 17.4. The van der Waals surface area contributed by atoms with E-state index in [1.807, 2.05) is 31.2 Å². The highest BCUT2D eigenvalue weighted by molar-refractivity contribution is 5.50. The average Bonchev–Trinajstić information content (AvgIpc) is 2.71. The topological polar surface area (TPSA) is 27.7 Å². The Morgan fingerprint density at radius 1 is 0.864 bits per heavy atom. The average molecular weight is 298 g/mol. The lowest BCUT2D eigenvalue weighted by Crippen LogP contribution is -1.96. The maximum atomic E-state index is 6.15. The summed E-state index contributed by atoms with van der Waals surface area (Å²) in [6, 6.07) is 12.2. The second-order valence-corrected chi connectivity index (χ2v) is 5.42. The van der Waals surface area contributed by atoms with Crippen molar-refractivity contribution in [3.8, 4) is 23.0 Å². The van der Waals surface area contributed by atoms with E-state index in [9.17, 15) is 0 Å². The molecule has 0 spiro atoms. The van der Waals surface area contributed by atoms with E-state index in [0.717, 1.165) is 48.9 Å². The van der Waals surface area contributed by atoms with Crippen LogP contribution in [0.3, 0.4) is 0 Å². The van der Waals surface area contributed by atoms with Crippen molar-refractivity contribution in [1.29, 1.82) is 0 Å². The molecule has 0 atom stereocenters. The molecule has 0 aromatic heterocycles. The van der Waals surface area contributed by atoms with Crippen LogP contribution in [0.15, 0.2) is 36.4 Å². The molecule has 2 aromatic rings. The molecule has 0 N–H and O–H groups in total. The van der Waals surface area contributed by atoms with Gasteiger partial charge in [0.25, 0.3) is 0 Å². The van der Waals surface area contributed by atoms with Crippen LogP contribution in [0.1, 0.15) is 31.4 Å². The van der Waals surface area contributed by atoms with Crippen LogP contribution in [0.4, 0.5) is 0 Å². The Balaban J connectivity index is 1.89. The molecule has 0 saturated carbocycles. The Morgan fingerprint density at radius 2 is 1.45 bits per heavy atom. The van der Waals surface area contributed by atoms with Crippen LogP contribution in [-0.4, -0.2) is 13.2 Å². The van der Waals surface area contributed by atoms with Crippen LogP contribution in [0.2, 0.25) is 0 Å². The Kier molecular flexibility index (Phi) is 4.52. The van der Waals surface area contributed by atoms with E-state index < -0.39 is 0 Å². The first-order chi connectivity index (χ1) is 10.8. The third-order valence-corrected chi connectivity index (χ3v) is 3.74. The predicted molar refractivity (Wildman–Crippen MR) is 87.3 cm³/mol. The maximum absolute atomic E-state index is 6.15. The van der Waals surface area contributed by atoms with E-state index in [-0.39, 0.29) is 0 Å². The molecule has 3 rings (SSSR count). The molecule has 0 saturated heterocycles. The van der Waals surface area contributed by atoms with Crippen LogP contribution >= 0.6 is 0 Å². The quantitative estimate of drug-likeness (QED) is 0.796. The van der Waals surface area contributed by atoms with Crippen LogP contribution in [0, 0.1) is 0 Å². The van der Waals surface area contributed by atoms with E-state index in [1.165, 1.54) is 11.1 Å². The lowest BCUT2D eigenvalue weighted by molar-refractivity contribution is 0.315. The zero-order valence-electron chi connectivity index (χ0n) is 13.2. The summed E-state index contributed by atoms with van der Waals surface area (Å²) in [7, 11) is 0. The van der Waals surface area contributed by atoms with Gasteiger partial charge < -0.3 is 14.2 Å². The molecule has 0 unspecified atom stereocenters. The van der Waals surface area contributed by atoms with E-state index in [1.54, 1.807) is 0 Å². The van der Waals surface area contributed by atoms with Gasteiger partial charge in [0.15, 0.2) is 0 Å². The molecule has 2 aromatic carbocycles. The molecule has 3 nitrogen and oxygen atoms in total. The van der Waals surface area contributed by atoms with Crippen LogP contribution < -0.4 is 14.2 Å². The van der Waals surface area contributed by atoms with Crippen molar-refractivity contribution in [3.63, 3.8) is 0 Å². The molecule has 1 aliphatic rings. The normalized spacial score (nSPS) is 12.6. The van der Waals surface area contributed by atoms with Gasteiger partial charge in [-0.2, -0.15) is 0 Å². The summed E-state index contributed by atoms with van der Waals surface area (Å²) >= 11 is 0. The third-order valence-electron chi connectivity index (χ3n) is 3.74. The maximum Gasteiger partial charge on any atom is 0.134 e. The van der Waals surface area contributed by atoms with Gasteiger partial charge in [0.1, 0.15) is 23.0 Å². The summed E-state index contributed by atoms with van der Waals surface area (Å²) in [4.78, 5) is 0. The summed E-state index contributed by atoms with van der Waals surface area (Å²) in [6.45, 7) is 5.47. The number of ether oxygens (including phenoxy) is 3. The second kappa shape index (κ2) is 6.73. The smallest absolute Gasteiger partial charge is 0.134 e. The molecule has 0 amide bonds. The first kappa shape index (κ1) is 14.8. The molecular weight excluding hydrogens is 276 g/mol. The first-order valence-corrected chi connectivity index (χ1v) is 7.99. The highest BCUT2D eigenvalue weighted by Gasteiger charge is 2.16. The molecule has 0 radical (unpaired) electrons. The summed E-state index contributed by atoms with van der Waals surface area (Å²) in [6.07, 6.45) is 2.95. The largest absolute Gasteiger partial charge is 0.494 e. The summed E-state index contributed by atoms with van der Waals surface area (Å²) in [5, 5.41) is 0. The number of hydrogen-bond acceptors (Lipinski definition) is 3. The second-order valence-electron chi connectivity index (χ2n) is 5.42. The Morgan fingerprint density at radius 3 is 2.00 bits per heavy atom. The molecule has 0 bridgehead atoms. The van der Waals surface area contributed by atoms with E-state index in [0.29, 0.717) is 6.61 Å². The Hall–Kier alpha value is -2.16. The van der Waals surface area contributed by atoms with Crippen molar-refractivity contribution < 1.29 is 14.2 Å². The highest BCUT2D eigenvalue weighted by atomic mass is 16.5. The number of fused-ring (bicyclic) bond motifs is 2. The van der Waals surface area contributed by atoms with Crippen molar-refractivity contribution in [2.45, 2.75) is 33.1 Å². The highest BCUT2D eigenvalue weighted by Crippen LogP contribution is 2.37. The zero-order valence-corrected chi connectivity index (χ0v) is 13.2. The lowest BCUT2D eigenvalue weighted by Gasteiger charge is -2.12. The number of rotatable bonds is 5. The van der Waals surface area contributed by atoms with Crippen LogP contribution in [-0.2, 0) is 12.8 Å². The Bertz CT molecular complexity index is 649. The van der Waals surface area contributed by atoms with Gasteiger partial charge in [0, 0.05) is 12.1 Å². The molecule has 1 aliphatic heterocycles. The molecule has 0 aliphatic carbocycles. The van der Waals surface area contributed by atoms with Crippen molar-refractivity contribution in [2.75, 3.05) is 13.2 Å². The van der Waals surface area contributed by atoms with Crippen molar-refractivity contribution >= 4 is 0 Å². The third kappa shape index (κ3) is 3.19. The standard InChI is InChI=1S/C19H22O3/c1-3-11-21-17-10-8-15-6-5-14-7-9-16(20-4-2)12-18(14)22-19(15)13-17/h7-10,12-13H,3-6,11H2,1-2H3. The van der Waals surface area contributed by atoms with Gasteiger partial charge in [0.05, 0.1) is 13.2 Å². The van der Waals surface area contributed by atoms with Gasteiger partial charge in [-0.05, 0) is 49.4 Å². The van der Waals surface area contributed by atoms with Crippen molar-refractivity contribution in [2.24, 2.45) is 0 Å². The van der Waals surface area contributed by atoms with E-state index >= 15 is 0 Å². The minimum atomic E-state index is 0.657. The van der Waals surface area contributed by atoms with Gasteiger partial charge >= 0.3 is 0 Å². The predicted octanol–water partition coefficient (Wildman–Crippen LogP) is 4.77. The molecule has 22 heavy (non-hydrogen) atoms. The fourth-order valence-corrected chi connectivity index (χ4v) is 2.63. The zero-order chi connectivity index (χ0) is 15.4. The molecule has 1 heterocycles. The van der Waals surface area contributed by atoms with E-state index in [4.69, 9.17) is 14.2 Å². The minimum Gasteiger partial charge on any atom is -0.494 e. The fourth-order valence-electron chi connectivity index (χ4n) is 2.63. The molecule has 116 valence electrons. The van der Waals surface area contributed by atoms with Gasteiger partial charge in [-0.25, -0.2) is 0 Å². The lowest BCUT2D eigenvalue weighted by atomic mass is 10.0. The van der Waals surface area contributed by atoms with E-state index in [2.05, 4.69) is 19.1 Å². The Labute approximate surface area is 131 Å². The number of hydrogen-bond donors (Lipinski definition) is 0. The van der Waals surface area contributed by atoms with Crippen LogP contribution in [0.5, 0.6) is 23.0 Å². The van der Waals surface area contributed by atoms with Crippen molar-refractivity contribution in [1.82, 2.24) is 0 Å². The molecule has 3 heteroatoms.